The number of rotatable bonds is 5. The van der Waals surface area contributed by atoms with Crippen molar-refractivity contribution in [1.29, 1.82) is 0 Å². The fraction of sp³-hybridized carbons (Fsp3) is 0.333. The third-order valence-electron chi connectivity index (χ3n) is 2.87. The van der Waals surface area contributed by atoms with E-state index in [4.69, 9.17) is 5.73 Å². The molecule has 0 bridgehead atoms. The normalized spacial score (nSPS) is 11.9. The standard InChI is InChI=1S/C12H17N5O2S/c1-17(2)20(18,19)6-5-14-12-10-7-9(13)3-4-11(10)15-8-16-12/h3-4,7-8H,5-6,13H2,1-2H3,(H,14,15,16). The summed E-state index contributed by atoms with van der Waals surface area (Å²) in [6.45, 7) is 0.265. The highest BCUT2D eigenvalue weighted by Crippen LogP contribution is 2.21. The Hall–Kier alpha value is -1.93. The lowest BCUT2D eigenvalue weighted by molar-refractivity contribution is 0.521. The minimum atomic E-state index is -3.23. The number of aromatic nitrogens is 2. The van der Waals surface area contributed by atoms with Crippen molar-refractivity contribution >= 4 is 32.4 Å². The van der Waals surface area contributed by atoms with E-state index in [2.05, 4.69) is 15.3 Å². The Morgan fingerprint density at radius 1 is 1.30 bits per heavy atom. The van der Waals surface area contributed by atoms with Crippen LogP contribution in [0.5, 0.6) is 0 Å². The Balaban J connectivity index is 2.16. The Morgan fingerprint density at radius 3 is 2.75 bits per heavy atom. The van der Waals surface area contributed by atoms with Crippen LogP contribution < -0.4 is 11.1 Å². The second-order valence-electron chi connectivity index (χ2n) is 4.52. The lowest BCUT2D eigenvalue weighted by Gasteiger charge is -2.12. The number of nitrogen functional groups attached to an aromatic ring is 1. The number of nitrogens with two attached hydrogens (primary N) is 1. The van der Waals surface area contributed by atoms with Gasteiger partial charge >= 0.3 is 0 Å². The highest BCUT2D eigenvalue weighted by Gasteiger charge is 2.13. The molecule has 2 aromatic rings. The number of nitrogens with zero attached hydrogens (tertiary/aromatic N) is 3. The molecule has 1 aromatic heterocycles. The molecule has 7 nitrogen and oxygen atoms in total. The summed E-state index contributed by atoms with van der Waals surface area (Å²) in [6, 6.07) is 5.32. The Kier molecular flexibility index (Phi) is 4.05. The molecule has 20 heavy (non-hydrogen) atoms. The number of fused-ring (bicyclic) bond motifs is 1. The minimum Gasteiger partial charge on any atom is -0.399 e. The van der Waals surface area contributed by atoms with Gasteiger partial charge in [0.25, 0.3) is 0 Å². The summed E-state index contributed by atoms with van der Waals surface area (Å²) in [4.78, 5) is 8.26. The van der Waals surface area contributed by atoms with Crippen molar-refractivity contribution in [3.63, 3.8) is 0 Å². The van der Waals surface area contributed by atoms with E-state index in [9.17, 15) is 8.42 Å². The van der Waals surface area contributed by atoms with Crippen molar-refractivity contribution in [3.8, 4) is 0 Å². The molecule has 1 heterocycles. The topological polar surface area (TPSA) is 101 Å². The van der Waals surface area contributed by atoms with Crippen LogP contribution in [-0.2, 0) is 10.0 Å². The van der Waals surface area contributed by atoms with Crippen LogP contribution in [-0.4, -0.2) is 49.1 Å². The highest BCUT2D eigenvalue weighted by molar-refractivity contribution is 7.89. The van der Waals surface area contributed by atoms with Crippen LogP contribution in [0.25, 0.3) is 10.9 Å². The van der Waals surface area contributed by atoms with Gasteiger partial charge in [0.1, 0.15) is 12.1 Å². The van der Waals surface area contributed by atoms with Crippen LogP contribution in [0.1, 0.15) is 0 Å². The van der Waals surface area contributed by atoms with E-state index in [0.717, 1.165) is 10.9 Å². The SMILES string of the molecule is CN(C)S(=O)(=O)CCNc1ncnc2ccc(N)cc12. The first-order valence-corrected chi connectivity index (χ1v) is 7.65. The van der Waals surface area contributed by atoms with Crippen molar-refractivity contribution in [3.05, 3.63) is 24.5 Å². The minimum absolute atomic E-state index is 0.00614. The summed E-state index contributed by atoms with van der Waals surface area (Å²) in [7, 11) is -0.207. The molecule has 1 aromatic carbocycles. The van der Waals surface area contributed by atoms with Gasteiger partial charge in [-0.1, -0.05) is 0 Å². The average molecular weight is 295 g/mol. The van der Waals surface area contributed by atoms with Gasteiger partial charge in [0.15, 0.2) is 0 Å². The van der Waals surface area contributed by atoms with Crippen LogP contribution in [0.4, 0.5) is 11.5 Å². The van der Waals surface area contributed by atoms with Gasteiger partial charge in [0, 0.05) is 31.7 Å². The zero-order chi connectivity index (χ0) is 14.8. The summed E-state index contributed by atoms with van der Waals surface area (Å²) in [5, 5.41) is 3.79. The van der Waals surface area contributed by atoms with E-state index in [1.807, 2.05) is 0 Å². The van der Waals surface area contributed by atoms with E-state index in [1.165, 1.54) is 24.7 Å². The Labute approximate surface area is 117 Å². The monoisotopic (exact) mass is 295 g/mol. The van der Waals surface area contributed by atoms with E-state index in [1.54, 1.807) is 18.2 Å². The number of nitrogens with one attached hydrogen (secondary N) is 1. The lowest BCUT2D eigenvalue weighted by atomic mass is 10.2. The molecule has 0 aliphatic heterocycles. The predicted octanol–water partition coefficient (Wildman–Crippen LogP) is 0.515. The molecule has 108 valence electrons. The molecular weight excluding hydrogens is 278 g/mol. The van der Waals surface area contributed by atoms with Crippen molar-refractivity contribution in [2.75, 3.05) is 37.4 Å². The van der Waals surface area contributed by atoms with Crippen LogP contribution in [0.3, 0.4) is 0 Å². The maximum atomic E-state index is 11.7. The first-order chi connectivity index (χ1) is 9.40. The zero-order valence-corrected chi connectivity index (χ0v) is 12.2. The maximum Gasteiger partial charge on any atom is 0.215 e. The molecule has 0 aliphatic carbocycles. The molecule has 0 saturated carbocycles. The summed E-state index contributed by atoms with van der Waals surface area (Å²) in [5.74, 6) is 0.574. The van der Waals surface area contributed by atoms with Gasteiger partial charge in [-0.05, 0) is 18.2 Å². The molecule has 0 saturated heterocycles. The number of hydrogen-bond acceptors (Lipinski definition) is 6. The Morgan fingerprint density at radius 2 is 2.05 bits per heavy atom. The summed E-state index contributed by atoms with van der Waals surface area (Å²) >= 11 is 0. The van der Waals surface area contributed by atoms with Crippen molar-refractivity contribution in [1.82, 2.24) is 14.3 Å². The molecule has 3 N–H and O–H groups in total. The highest BCUT2D eigenvalue weighted by atomic mass is 32.2. The molecule has 0 radical (unpaired) electrons. The molecule has 0 unspecified atom stereocenters. The van der Waals surface area contributed by atoms with E-state index < -0.39 is 10.0 Å². The average Bonchev–Trinajstić information content (AvgIpc) is 2.39. The van der Waals surface area contributed by atoms with Crippen molar-refractivity contribution in [2.45, 2.75) is 0 Å². The van der Waals surface area contributed by atoms with Gasteiger partial charge in [-0.3, -0.25) is 0 Å². The maximum absolute atomic E-state index is 11.7. The van der Waals surface area contributed by atoms with Crippen molar-refractivity contribution < 1.29 is 8.42 Å². The van der Waals surface area contributed by atoms with E-state index in [-0.39, 0.29) is 12.3 Å². The number of hydrogen-bond donors (Lipinski definition) is 2. The van der Waals surface area contributed by atoms with Crippen LogP contribution in [0, 0.1) is 0 Å². The number of sulfonamides is 1. The summed E-state index contributed by atoms with van der Waals surface area (Å²) in [5.41, 5.74) is 7.11. The fourth-order valence-corrected chi connectivity index (χ4v) is 2.42. The second kappa shape index (κ2) is 5.59. The third kappa shape index (κ3) is 3.14. The second-order valence-corrected chi connectivity index (χ2v) is 6.83. The first-order valence-electron chi connectivity index (χ1n) is 6.04. The number of anilines is 2. The molecule has 2 rings (SSSR count). The molecule has 0 fully saturated rings. The molecule has 0 amide bonds. The zero-order valence-electron chi connectivity index (χ0n) is 11.4. The molecular formula is C12H17N5O2S. The van der Waals surface area contributed by atoms with Gasteiger partial charge in [-0.2, -0.15) is 0 Å². The predicted molar refractivity (Wildman–Crippen MR) is 79.9 cm³/mol. The van der Waals surface area contributed by atoms with E-state index >= 15 is 0 Å². The number of benzene rings is 1. The quantitative estimate of drug-likeness (QED) is 0.780. The van der Waals surface area contributed by atoms with Crippen LogP contribution >= 0.6 is 0 Å². The largest absolute Gasteiger partial charge is 0.399 e. The van der Waals surface area contributed by atoms with Crippen LogP contribution in [0.15, 0.2) is 24.5 Å². The first kappa shape index (κ1) is 14.5. The van der Waals surface area contributed by atoms with Gasteiger partial charge in [-0.15, -0.1) is 0 Å². The molecule has 0 spiro atoms. The smallest absolute Gasteiger partial charge is 0.215 e. The summed E-state index contributed by atoms with van der Waals surface area (Å²) in [6.07, 6.45) is 1.43. The van der Waals surface area contributed by atoms with E-state index in [0.29, 0.717) is 11.5 Å². The molecule has 0 atom stereocenters. The molecule has 8 heteroatoms. The lowest BCUT2D eigenvalue weighted by Crippen LogP contribution is -2.28. The fourth-order valence-electron chi connectivity index (χ4n) is 1.70. The molecule has 0 aliphatic rings. The van der Waals surface area contributed by atoms with Gasteiger partial charge in [0.2, 0.25) is 10.0 Å². The van der Waals surface area contributed by atoms with Gasteiger partial charge < -0.3 is 11.1 Å². The van der Waals surface area contributed by atoms with Gasteiger partial charge in [0.05, 0.1) is 11.3 Å². The van der Waals surface area contributed by atoms with Crippen molar-refractivity contribution in [2.24, 2.45) is 0 Å². The van der Waals surface area contributed by atoms with Gasteiger partial charge in [-0.25, -0.2) is 22.7 Å². The Bertz CT molecular complexity index is 715. The van der Waals surface area contributed by atoms with Crippen LogP contribution in [0.2, 0.25) is 0 Å². The summed E-state index contributed by atoms with van der Waals surface area (Å²) < 4.78 is 24.5. The third-order valence-corrected chi connectivity index (χ3v) is 4.70.